The van der Waals surface area contributed by atoms with Crippen molar-refractivity contribution < 1.29 is 0 Å². The van der Waals surface area contributed by atoms with E-state index in [0.29, 0.717) is 23.8 Å². The third-order valence-corrected chi connectivity index (χ3v) is 2.22. The Kier molecular flexibility index (Phi) is 2.56. The summed E-state index contributed by atoms with van der Waals surface area (Å²) in [6.07, 6.45) is 2.35. The van der Waals surface area contributed by atoms with Crippen LogP contribution in [0.4, 0.5) is 0 Å². The number of aromatic amines is 1. The highest BCUT2D eigenvalue weighted by Crippen LogP contribution is 2.07. The summed E-state index contributed by atoms with van der Waals surface area (Å²) < 4.78 is 1.59. The minimum Gasteiger partial charge on any atom is -0.310 e. The summed E-state index contributed by atoms with van der Waals surface area (Å²) in [5.41, 5.74) is 0.250. The topological polar surface area (TPSA) is 74.5 Å². The van der Waals surface area contributed by atoms with Crippen molar-refractivity contribution in [2.45, 2.75) is 13.3 Å². The second-order valence-corrected chi connectivity index (χ2v) is 3.28. The average Bonchev–Trinajstić information content (AvgIpc) is 2.76. The molecule has 2 rings (SSSR count). The Morgan fingerprint density at radius 1 is 1.62 bits per heavy atom. The lowest BCUT2D eigenvalue weighted by Crippen LogP contribution is -2.13. The van der Waals surface area contributed by atoms with E-state index in [1.165, 1.54) is 6.07 Å². The van der Waals surface area contributed by atoms with Crippen LogP contribution in [0.5, 0.6) is 0 Å². The molecule has 2 aromatic heterocycles. The van der Waals surface area contributed by atoms with Gasteiger partial charge in [0.15, 0.2) is 0 Å². The zero-order valence-electron chi connectivity index (χ0n) is 8.77. The number of hydrogen-bond donors (Lipinski definition) is 1. The molecule has 0 aromatic carbocycles. The molecule has 0 fully saturated rings. The lowest BCUT2D eigenvalue weighted by Gasteiger charge is -2.04. The van der Waals surface area contributed by atoms with Crippen LogP contribution in [0, 0.1) is 11.3 Å². The summed E-state index contributed by atoms with van der Waals surface area (Å²) in [4.78, 5) is 18.3. The van der Waals surface area contributed by atoms with E-state index in [0.717, 1.165) is 0 Å². The molecule has 0 aliphatic rings. The Morgan fingerprint density at radius 2 is 2.44 bits per heavy atom. The number of hydrogen-bond acceptors (Lipinski definition) is 3. The van der Waals surface area contributed by atoms with Crippen molar-refractivity contribution >= 4 is 0 Å². The van der Waals surface area contributed by atoms with Gasteiger partial charge >= 0.3 is 0 Å². The van der Waals surface area contributed by atoms with Crippen LogP contribution in [0.15, 0.2) is 29.2 Å². The van der Waals surface area contributed by atoms with Gasteiger partial charge in [0.1, 0.15) is 23.4 Å². The largest absolute Gasteiger partial charge is 0.310 e. The smallest absolute Gasteiger partial charge is 0.253 e. The van der Waals surface area contributed by atoms with Crippen LogP contribution in [0.25, 0.3) is 5.82 Å². The SMILES string of the molecule is CCc1nc(-n2cccc2C#N)cc(=O)[nH]1. The van der Waals surface area contributed by atoms with Crippen LogP contribution in [-0.2, 0) is 6.42 Å². The van der Waals surface area contributed by atoms with Gasteiger partial charge in [-0.25, -0.2) is 4.98 Å². The molecule has 0 amide bonds. The fourth-order valence-corrected chi connectivity index (χ4v) is 1.46. The molecule has 0 atom stereocenters. The second-order valence-electron chi connectivity index (χ2n) is 3.28. The normalized spacial score (nSPS) is 10.0. The molecule has 16 heavy (non-hydrogen) atoms. The highest BCUT2D eigenvalue weighted by Gasteiger charge is 2.05. The van der Waals surface area contributed by atoms with Gasteiger partial charge in [-0.2, -0.15) is 5.26 Å². The Morgan fingerprint density at radius 3 is 3.12 bits per heavy atom. The first-order valence-electron chi connectivity index (χ1n) is 4.92. The number of aryl methyl sites for hydroxylation is 1. The van der Waals surface area contributed by atoms with Gasteiger partial charge in [0, 0.05) is 18.7 Å². The van der Waals surface area contributed by atoms with Gasteiger partial charge in [-0.15, -0.1) is 0 Å². The van der Waals surface area contributed by atoms with Crippen LogP contribution < -0.4 is 5.56 Å². The van der Waals surface area contributed by atoms with E-state index < -0.39 is 0 Å². The molecule has 0 spiro atoms. The summed E-state index contributed by atoms with van der Waals surface area (Å²) in [7, 11) is 0. The second kappa shape index (κ2) is 4.03. The van der Waals surface area contributed by atoms with Gasteiger partial charge in [-0.1, -0.05) is 6.92 Å². The monoisotopic (exact) mass is 214 g/mol. The fraction of sp³-hybridized carbons (Fsp3) is 0.182. The van der Waals surface area contributed by atoms with Gasteiger partial charge in [-0.05, 0) is 12.1 Å². The van der Waals surface area contributed by atoms with Crippen molar-refractivity contribution in [3.8, 4) is 11.9 Å². The summed E-state index contributed by atoms with van der Waals surface area (Å²) >= 11 is 0. The number of nitrogens with zero attached hydrogens (tertiary/aromatic N) is 3. The molecular formula is C11H10N4O. The number of nitrogens with one attached hydrogen (secondary N) is 1. The van der Waals surface area contributed by atoms with E-state index in [-0.39, 0.29) is 5.56 Å². The highest BCUT2D eigenvalue weighted by molar-refractivity contribution is 5.33. The van der Waals surface area contributed by atoms with Crippen molar-refractivity contribution in [3.05, 3.63) is 46.3 Å². The molecule has 0 radical (unpaired) electrons. The fourth-order valence-electron chi connectivity index (χ4n) is 1.46. The number of aromatic nitrogens is 3. The van der Waals surface area contributed by atoms with Crippen LogP contribution in [0.3, 0.4) is 0 Å². The van der Waals surface area contributed by atoms with Gasteiger partial charge < -0.3 is 4.98 Å². The molecule has 5 heteroatoms. The molecule has 80 valence electrons. The predicted octanol–water partition coefficient (Wildman–Crippen LogP) is 0.995. The molecule has 0 saturated heterocycles. The third kappa shape index (κ3) is 1.73. The maximum atomic E-state index is 11.4. The molecule has 0 aliphatic carbocycles. The summed E-state index contributed by atoms with van der Waals surface area (Å²) in [5.74, 6) is 1.09. The van der Waals surface area contributed by atoms with E-state index in [1.807, 2.05) is 13.0 Å². The van der Waals surface area contributed by atoms with E-state index in [9.17, 15) is 4.79 Å². The van der Waals surface area contributed by atoms with Gasteiger partial charge in [-0.3, -0.25) is 9.36 Å². The Bertz CT molecular complexity index is 603. The van der Waals surface area contributed by atoms with Crippen molar-refractivity contribution in [3.63, 3.8) is 0 Å². The minimum absolute atomic E-state index is 0.209. The Balaban J connectivity index is 2.61. The number of rotatable bonds is 2. The highest BCUT2D eigenvalue weighted by atomic mass is 16.1. The van der Waals surface area contributed by atoms with Gasteiger partial charge in [0.05, 0.1) is 0 Å². The molecule has 5 nitrogen and oxygen atoms in total. The molecule has 0 aliphatic heterocycles. The molecule has 1 N–H and O–H groups in total. The lowest BCUT2D eigenvalue weighted by molar-refractivity contribution is 0.870. The zero-order chi connectivity index (χ0) is 11.5. The van der Waals surface area contributed by atoms with Crippen molar-refractivity contribution in [2.75, 3.05) is 0 Å². The molecule has 2 aromatic rings. The first kappa shape index (κ1) is 10.2. The maximum Gasteiger partial charge on any atom is 0.253 e. The predicted molar refractivity (Wildman–Crippen MR) is 58.3 cm³/mol. The summed E-state index contributed by atoms with van der Waals surface area (Å²) in [5, 5.41) is 8.88. The van der Waals surface area contributed by atoms with Crippen molar-refractivity contribution in [1.82, 2.24) is 14.5 Å². The maximum absolute atomic E-state index is 11.4. The van der Waals surface area contributed by atoms with Crippen LogP contribution in [0.2, 0.25) is 0 Å². The average molecular weight is 214 g/mol. The van der Waals surface area contributed by atoms with Crippen molar-refractivity contribution in [2.24, 2.45) is 0 Å². The third-order valence-electron chi connectivity index (χ3n) is 2.22. The van der Waals surface area contributed by atoms with Crippen molar-refractivity contribution in [1.29, 1.82) is 5.26 Å². The van der Waals surface area contributed by atoms with E-state index in [4.69, 9.17) is 5.26 Å². The zero-order valence-corrected chi connectivity index (χ0v) is 8.77. The van der Waals surface area contributed by atoms with Crippen LogP contribution >= 0.6 is 0 Å². The van der Waals surface area contributed by atoms with Gasteiger partial charge in [0.2, 0.25) is 0 Å². The van der Waals surface area contributed by atoms with E-state index >= 15 is 0 Å². The van der Waals surface area contributed by atoms with E-state index in [2.05, 4.69) is 9.97 Å². The Labute approximate surface area is 92.0 Å². The quantitative estimate of drug-likeness (QED) is 0.810. The van der Waals surface area contributed by atoms with Crippen LogP contribution in [-0.4, -0.2) is 14.5 Å². The molecular weight excluding hydrogens is 204 g/mol. The van der Waals surface area contributed by atoms with Crippen LogP contribution in [0.1, 0.15) is 18.4 Å². The lowest BCUT2D eigenvalue weighted by atomic mass is 10.4. The number of H-pyrrole nitrogens is 1. The standard InChI is InChI=1S/C11H10N4O/c1-2-9-13-10(6-11(16)14-9)15-5-3-4-8(15)7-12/h3-6H,2H2,1H3,(H,13,14,16). The Hall–Kier alpha value is -2.35. The summed E-state index contributed by atoms with van der Waals surface area (Å²) in [6.45, 7) is 1.91. The minimum atomic E-state index is -0.209. The first-order chi connectivity index (χ1) is 7.74. The molecule has 0 unspecified atom stereocenters. The number of nitriles is 1. The van der Waals surface area contributed by atoms with E-state index in [1.54, 1.807) is 22.9 Å². The first-order valence-corrected chi connectivity index (χ1v) is 4.92. The van der Waals surface area contributed by atoms with Gasteiger partial charge in [0.25, 0.3) is 5.56 Å². The molecule has 2 heterocycles. The molecule has 0 bridgehead atoms. The molecule has 0 saturated carbocycles. The summed E-state index contributed by atoms with van der Waals surface area (Å²) in [6, 6.07) is 6.83.